The van der Waals surface area contributed by atoms with Gasteiger partial charge in [0.2, 0.25) is 0 Å². The van der Waals surface area contributed by atoms with Gasteiger partial charge in [0.1, 0.15) is 12.6 Å². The van der Waals surface area contributed by atoms with Gasteiger partial charge in [-0.2, -0.15) is 0 Å². The first kappa shape index (κ1) is 16.0. The lowest BCUT2D eigenvalue weighted by Gasteiger charge is -2.10. The van der Waals surface area contributed by atoms with Crippen LogP contribution in [0.3, 0.4) is 0 Å². The summed E-state index contributed by atoms with van der Waals surface area (Å²) in [5.74, 6) is -0.448. The Morgan fingerprint density at radius 3 is 2.65 bits per heavy atom. The van der Waals surface area contributed by atoms with E-state index in [1.807, 2.05) is 30.3 Å². The number of hydrogen-bond acceptors (Lipinski definition) is 5. The molecule has 0 aliphatic heterocycles. The third-order valence-electron chi connectivity index (χ3n) is 2.68. The number of rotatable bonds is 7. The zero-order chi connectivity index (χ0) is 14.8. The van der Waals surface area contributed by atoms with Crippen LogP contribution in [0, 0.1) is 0 Å². The Labute approximate surface area is 118 Å². The van der Waals surface area contributed by atoms with Crippen LogP contribution in [0.4, 0.5) is 4.79 Å². The summed E-state index contributed by atoms with van der Waals surface area (Å²) in [7, 11) is 1.29. The second-order valence-electron chi connectivity index (χ2n) is 4.26. The first-order valence-corrected chi connectivity index (χ1v) is 6.41. The van der Waals surface area contributed by atoms with Gasteiger partial charge in [-0.25, -0.2) is 4.79 Å². The summed E-state index contributed by atoms with van der Waals surface area (Å²) in [5.41, 5.74) is 6.49. The van der Waals surface area contributed by atoms with Crippen molar-refractivity contribution < 1.29 is 19.1 Å². The van der Waals surface area contributed by atoms with E-state index >= 15 is 0 Å². The van der Waals surface area contributed by atoms with Gasteiger partial charge < -0.3 is 20.5 Å². The van der Waals surface area contributed by atoms with Gasteiger partial charge in [-0.1, -0.05) is 30.3 Å². The predicted octanol–water partition coefficient (Wildman–Crippen LogP) is 1.19. The van der Waals surface area contributed by atoms with Crippen molar-refractivity contribution in [3.05, 3.63) is 35.9 Å². The molecule has 6 nitrogen and oxygen atoms in total. The van der Waals surface area contributed by atoms with Crippen molar-refractivity contribution in [2.45, 2.75) is 25.5 Å². The zero-order valence-electron chi connectivity index (χ0n) is 11.5. The van der Waals surface area contributed by atoms with Crippen LogP contribution in [-0.4, -0.2) is 31.8 Å². The molecule has 3 N–H and O–H groups in total. The van der Waals surface area contributed by atoms with Crippen molar-refractivity contribution in [2.75, 3.05) is 13.7 Å². The molecule has 0 radical (unpaired) electrons. The molecular formula is C14H20N2O4. The van der Waals surface area contributed by atoms with E-state index in [0.717, 1.165) is 5.56 Å². The second-order valence-corrected chi connectivity index (χ2v) is 4.26. The molecule has 0 aromatic heterocycles. The number of esters is 1. The van der Waals surface area contributed by atoms with Gasteiger partial charge in [0, 0.05) is 6.54 Å². The van der Waals surface area contributed by atoms with Gasteiger partial charge in [-0.3, -0.25) is 4.79 Å². The number of amides is 1. The maximum absolute atomic E-state index is 11.4. The Morgan fingerprint density at radius 2 is 2.00 bits per heavy atom. The number of benzene rings is 1. The highest BCUT2D eigenvalue weighted by Crippen LogP contribution is 2.00. The molecule has 0 saturated carbocycles. The Kier molecular flexibility index (Phi) is 7.13. The first-order chi connectivity index (χ1) is 9.63. The normalized spacial score (nSPS) is 11.5. The molecule has 0 aliphatic rings. The standard InChI is InChI=1S/C14H20N2O4/c1-19-13(17)12(15)8-5-9-16-14(18)20-10-11-6-3-2-4-7-11/h2-4,6-7,12H,5,8-10,15H2,1H3,(H,16,18)/t12-/m1/s1. The minimum atomic E-state index is -0.651. The van der Waals surface area contributed by atoms with Crippen molar-refractivity contribution >= 4 is 12.1 Å². The van der Waals surface area contributed by atoms with Crippen LogP contribution in [0.5, 0.6) is 0 Å². The molecule has 1 amide bonds. The van der Waals surface area contributed by atoms with Crippen molar-refractivity contribution in [1.82, 2.24) is 5.32 Å². The van der Waals surface area contributed by atoms with Crippen molar-refractivity contribution in [3.8, 4) is 0 Å². The van der Waals surface area contributed by atoms with Crippen molar-refractivity contribution in [2.24, 2.45) is 5.73 Å². The van der Waals surface area contributed by atoms with Crippen LogP contribution in [0.25, 0.3) is 0 Å². The highest BCUT2D eigenvalue weighted by Gasteiger charge is 2.12. The van der Waals surface area contributed by atoms with E-state index < -0.39 is 18.1 Å². The number of methoxy groups -OCH3 is 1. The molecule has 0 aliphatic carbocycles. The highest BCUT2D eigenvalue weighted by atomic mass is 16.5. The molecular weight excluding hydrogens is 260 g/mol. The molecule has 0 saturated heterocycles. The predicted molar refractivity (Wildman–Crippen MR) is 73.9 cm³/mol. The quantitative estimate of drug-likeness (QED) is 0.578. The minimum Gasteiger partial charge on any atom is -0.468 e. The number of carbonyl (C=O) groups is 2. The molecule has 1 aromatic rings. The number of nitrogens with two attached hydrogens (primary N) is 1. The summed E-state index contributed by atoms with van der Waals surface area (Å²) in [6.45, 7) is 0.632. The summed E-state index contributed by atoms with van der Waals surface area (Å²) in [4.78, 5) is 22.4. The molecule has 0 spiro atoms. The minimum absolute atomic E-state index is 0.231. The Balaban J connectivity index is 2.10. The second kappa shape index (κ2) is 8.92. The number of nitrogens with one attached hydrogen (secondary N) is 1. The summed E-state index contributed by atoms with van der Waals surface area (Å²) in [6, 6.07) is 8.76. The van der Waals surface area contributed by atoms with E-state index in [0.29, 0.717) is 19.4 Å². The largest absolute Gasteiger partial charge is 0.468 e. The molecule has 0 heterocycles. The number of ether oxygens (including phenoxy) is 2. The molecule has 6 heteroatoms. The lowest BCUT2D eigenvalue weighted by atomic mass is 10.2. The summed E-state index contributed by atoms with van der Waals surface area (Å²) in [5, 5.41) is 2.60. The van der Waals surface area contributed by atoms with Crippen molar-refractivity contribution in [1.29, 1.82) is 0 Å². The average Bonchev–Trinajstić information content (AvgIpc) is 2.49. The van der Waals surface area contributed by atoms with E-state index in [4.69, 9.17) is 10.5 Å². The van der Waals surface area contributed by atoms with E-state index in [1.165, 1.54) is 7.11 Å². The fourth-order valence-electron chi connectivity index (χ4n) is 1.56. The van der Waals surface area contributed by atoms with Gasteiger partial charge in [0.05, 0.1) is 7.11 Å². The van der Waals surface area contributed by atoms with E-state index in [1.54, 1.807) is 0 Å². The van der Waals surface area contributed by atoms with Crippen LogP contribution >= 0.6 is 0 Å². The SMILES string of the molecule is COC(=O)[C@H](N)CCCNC(=O)OCc1ccccc1. The van der Waals surface area contributed by atoms with Crippen molar-refractivity contribution in [3.63, 3.8) is 0 Å². The Bertz CT molecular complexity index is 422. The first-order valence-electron chi connectivity index (χ1n) is 6.41. The van der Waals surface area contributed by atoms with Gasteiger partial charge in [0.25, 0.3) is 0 Å². The van der Waals surface area contributed by atoms with Gasteiger partial charge in [-0.15, -0.1) is 0 Å². The van der Waals surface area contributed by atoms with E-state index in [-0.39, 0.29) is 6.61 Å². The van der Waals surface area contributed by atoms with Crippen LogP contribution in [0.15, 0.2) is 30.3 Å². The summed E-state index contributed by atoms with van der Waals surface area (Å²) >= 11 is 0. The van der Waals surface area contributed by atoms with Crippen LogP contribution in [-0.2, 0) is 20.9 Å². The summed E-state index contributed by atoms with van der Waals surface area (Å²) in [6.07, 6.45) is 0.544. The molecule has 110 valence electrons. The van der Waals surface area contributed by atoms with Crippen LogP contribution in [0.1, 0.15) is 18.4 Å². The fraction of sp³-hybridized carbons (Fsp3) is 0.429. The van der Waals surface area contributed by atoms with E-state index in [2.05, 4.69) is 10.1 Å². The fourth-order valence-corrected chi connectivity index (χ4v) is 1.56. The highest BCUT2D eigenvalue weighted by molar-refractivity contribution is 5.75. The topological polar surface area (TPSA) is 90.6 Å². The number of carbonyl (C=O) groups excluding carboxylic acids is 2. The number of alkyl carbamates (subject to hydrolysis) is 1. The third-order valence-corrected chi connectivity index (χ3v) is 2.68. The molecule has 1 rings (SSSR count). The van der Waals surface area contributed by atoms with E-state index in [9.17, 15) is 9.59 Å². The van der Waals surface area contributed by atoms with Gasteiger partial charge >= 0.3 is 12.1 Å². The zero-order valence-corrected chi connectivity index (χ0v) is 11.5. The third kappa shape index (κ3) is 6.19. The lowest BCUT2D eigenvalue weighted by molar-refractivity contribution is -0.142. The maximum atomic E-state index is 11.4. The Morgan fingerprint density at radius 1 is 1.30 bits per heavy atom. The molecule has 0 fully saturated rings. The monoisotopic (exact) mass is 280 g/mol. The van der Waals surface area contributed by atoms with Crippen LogP contribution in [0.2, 0.25) is 0 Å². The smallest absolute Gasteiger partial charge is 0.407 e. The average molecular weight is 280 g/mol. The molecule has 1 aromatic carbocycles. The summed E-state index contributed by atoms with van der Waals surface area (Å²) < 4.78 is 9.53. The Hall–Kier alpha value is -2.08. The molecule has 1 atom stereocenters. The maximum Gasteiger partial charge on any atom is 0.407 e. The molecule has 0 unspecified atom stereocenters. The molecule has 0 bridgehead atoms. The lowest BCUT2D eigenvalue weighted by Crippen LogP contribution is -2.33. The van der Waals surface area contributed by atoms with Crippen LogP contribution < -0.4 is 11.1 Å². The van der Waals surface area contributed by atoms with Gasteiger partial charge in [0.15, 0.2) is 0 Å². The van der Waals surface area contributed by atoms with Gasteiger partial charge in [-0.05, 0) is 18.4 Å². The molecule has 20 heavy (non-hydrogen) atoms. The number of hydrogen-bond donors (Lipinski definition) is 2.